The molecule has 1 aromatic heterocycles. The van der Waals surface area contributed by atoms with Gasteiger partial charge < -0.3 is 0 Å². The van der Waals surface area contributed by atoms with Crippen molar-refractivity contribution in [3.8, 4) is 0 Å². The Labute approximate surface area is 89.1 Å². The Morgan fingerprint density at radius 1 is 1.31 bits per heavy atom. The molecule has 0 bridgehead atoms. The summed E-state index contributed by atoms with van der Waals surface area (Å²) in [6, 6.07) is 5.77. The molecular formula is C9H6BrClN2. The van der Waals surface area contributed by atoms with Crippen LogP contribution in [0.3, 0.4) is 0 Å². The fourth-order valence-electron chi connectivity index (χ4n) is 1.21. The van der Waals surface area contributed by atoms with Crippen LogP contribution in [-0.4, -0.2) is 9.97 Å². The summed E-state index contributed by atoms with van der Waals surface area (Å²) in [5.41, 5.74) is 0.867. The number of rotatable bonds is 0. The summed E-state index contributed by atoms with van der Waals surface area (Å²) in [4.78, 5) is 8.36. The lowest BCUT2D eigenvalue weighted by atomic mass is 10.2. The van der Waals surface area contributed by atoms with Crippen molar-refractivity contribution in [1.29, 1.82) is 0 Å². The van der Waals surface area contributed by atoms with E-state index in [-0.39, 0.29) is 0 Å². The van der Waals surface area contributed by atoms with Crippen LogP contribution in [0.15, 0.2) is 22.7 Å². The third-order valence-corrected chi connectivity index (χ3v) is 2.67. The molecule has 0 atom stereocenters. The first-order valence-electron chi connectivity index (χ1n) is 3.77. The third-order valence-electron chi connectivity index (χ3n) is 1.74. The Morgan fingerprint density at radius 2 is 2.08 bits per heavy atom. The van der Waals surface area contributed by atoms with Gasteiger partial charge in [0.25, 0.3) is 0 Å². The fraction of sp³-hybridized carbons (Fsp3) is 0.111. The Bertz CT molecular complexity index is 470. The Hall–Kier alpha value is -0.670. The van der Waals surface area contributed by atoms with Gasteiger partial charge in [-0.05, 0) is 35.0 Å². The molecule has 2 nitrogen and oxygen atoms in total. The zero-order chi connectivity index (χ0) is 9.42. The van der Waals surface area contributed by atoms with E-state index in [9.17, 15) is 0 Å². The Morgan fingerprint density at radius 3 is 2.85 bits per heavy atom. The second-order valence-corrected chi connectivity index (χ2v) is 3.91. The smallest absolute Gasteiger partial charge is 0.141 e. The highest BCUT2D eigenvalue weighted by molar-refractivity contribution is 9.10. The number of aryl methyl sites for hydroxylation is 1. The van der Waals surface area contributed by atoms with Crippen molar-refractivity contribution in [1.82, 2.24) is 9.97 Å². The van der Waals surface area contributed by atoms with Crippen molar-refractivity contribution in [3.05, 3.63) is 33.6 Å². The van der Waals surface area contributed by atoms with E-state index in [0.717, 1.165) is 15.4 Å². The van der Waals surface area contributed by atoms with Crippen LogP contribution in [0, 0.1) is 6.92 Å². The lowest BCUT2D eigenvalue weighted by Crippen LogP contribution is -1.90. The highest BCUT2D eigenvalue weighted by atomic mass is 79.9. The third kappa shape index (κ3) is 1.54. The molecule has 13 heavy (non-hydrogen) atoms. The molecule has 0 N–H and O–H groups in total. The van der Waals surface area contributed by atoms with Crippen molar-refractivity contribution < 1.29 is 0 Å². The average molecular weight is 258 g/mol. The van der Waals surface area contributed by atoms with Gasteiger partial charge in [-0.3, -0.25) is 0 Å². The molecule has 1 heterocycles. The quantitative estimate of drug-likeness (QED) is 0.676. The zero-order valence-electron chi connectivity index (χ0n) is 6.88. The highest BCUT2D eigenvalue weighted by Gasteiger charge is 2.05. The van der Waals surface area contributed by atoms with Gasteiger partial charge in [-0.2, -0.15) is 0 Å². The molecule has 66 valence electrons. The number of hydrogen-bond donors (Lipinski definition) is 0. The molecule has 0 unspecified atom stereocenters. The summed E-state index contributed by atoms with van der Waals surface area (Å²) in [6.45, 7) is 1.83. The minimum Gasteiger partial charge on any atom is -0.233 e. The monoisotopic (exact) mass is 256 g/mol. The fourth-order valence-corrected chi connectivity index (χ4v) is 2.19. The van der Waals surface area contributed by atoms with Crippen molar-refractivity contribution in [2.75, 3.05) is 0 Å². The molecular weight excluding hydrogens is 251 g/mol. The molecule has 0 amide bonds. The maximum absolute atomic E-state index is 5.99. The highest BCUT2D eigenvalue weighted by Crippen LogP contribution is 2.27. The Balaban J connectivity index is 2.94. The molecule has 2 rings (SSSR count). The summed E-state index contributed by atoms with van der Waals surface area (Å²) >= 11 is 9.39. The van der Waals surface area contributed by atoms with E-state index in [4.69, 9.17) is 11.6 Å². The molecule has 0 radical (unpaired) electrons. The number of nitrogens with zero attached hydrogens (tertiary/aromatic N) is 2. The maximum atomic E-state index is 5.99. The van der Waals surface area contributed by atoms with Crippen LogP contribution in [0.2, 0.25) is 5.15 Å². The van der Waals surface area contributed by atoms with Crippen LogP contribution >= 0.6 is 27.5 Å². The summed E-state index contributed by atoms with van der Waals surface area (Å²) in [6.07, 6.45) is 0. The zero-order valence-corrected chi connectivity index (χ0v) is 9.22. The number of fused-ring (bicyclic) bond motifs is 1. The number of benzene rings is 1. The number of aromatic nitrogens is 2. The molecule has 0 aliphatic carbocycles. The number of hydrogen-bond acceptors (Lipinski definition) is 2. The van der Waals surface area contributed by atoms with Crippen LogP contribution < -0.4 is 0 Å². The normalized spacial score (nSPS) is 10.7. The van der Waals surface area contributed by atoms with Crippen LogP contribution in [-0.2, 0) is 0 Å². The van der Waals surface area contributed by atoms with Crippen LogP contribution in [0.25, 0.3) is 10.9 Å². The second-order valence-electron chi connectivity index (χ2n) is 2.70. The summed E-state index contributed by atoms with van der Waals surface area (Å²) in [5.74, 6) is 0.690. The molecule has 4 heteroatoms. The standard InChI is InChI=1S/C9H6BrClN2/c1-5-12-7-4-2-3-6(10)8(7)9(11)13-5/h2-4H,1H3. The van der Waals surface area contributed by atoms with E-state index in [1.807, 2.05) is 25.1 Å². The van der Waals surface area contributed by atoms with Gasteiger partial charge in [0.05, 0.1) is 10.9 Å². The minimum atomic E-state index is 0.495. The maximum Gasteiger partial charge on any atom is 0.141 e. The first-order chi connectivity index (χ1) is 6.18. The van der Waals surface area contributed by atoms with Crippen molar-refractivity contribution in [2.24, 2.45) is 0 Å². The largest absolute Gasteiger partial charge is 0.233 e. The topological polar surface area (TPSA) is 25.8 Å². The van der Waals surface area contributed by atoms with Gasteiger partial charge in [0.1, 0.15) is 11.0 Å². The minimum absolute atomic E-state index is 0.495. The SMILES string of the molecule is Cc1nc(Cl)c2c(Br)cccc2n1. The van der Waals surface area contributed by atoms with Crippen molar-refractivity contribution in [2.45, 2.75) is 6.92 Å². The van der Waals surface area contributed by atoms with Crippen molar-refractivity contribution in [3.63, 3.8) is 0 Å². The van der Waals surface area contributed by atoms with Gasteiger partial charge in [-0.25, -0.2) is 9.97 Å². The van der Waals surface area contributed by atoms with Crippen LogP contribution in [0.5, 0.6) is 0 Å². The molecule has 0 saturated heterocycles. The van der Waals surface area contributed by atoms with Crippen LogP contribution in [0.4, 0.5) is 0 Å². The van der Waals surface area contributed by atoms with Crippen LogP contribution in [0.1, 0.15) is 5.82 Å². The predicted octanol–water partition coefficient (Wildman–Crippen LogP) is 3.35. The lowest BCUT2D eigenvalue weighted by molar-refractivity contribution is 1.09. The van der Waals surface area contributed by atoms with Gasteiger partial charge in [0, 0.05) is 4.47 Å². The number of halogens is 2. The van der Waals surface area contributed by atoms with Gasteiger partial charge in [0.2, 0.25) is 0 Å². The van der Waals surface area contributed by atoms with Gasteiger partial charge in [-0.1, -0.05) is 17.7 Å². The van der Waals surface area contributed by atoms with E-state index in [0.29, 0.717) is 11.0 Å². The summed E-state index contributed by atoms with van der Waals surface area (Å²) in [5, 5.41) is 1.37. The molecule has 1 aromatic carbocycles. The second kappa shape index (κ2) is 3.24. The molecule has 0 saturated carbocycles. The molecule has 0 fully saturated rings. The molecule has 2 aromatic rings. The van der Waals surface area contributed by atoms with E-state index >= 15 is 0 Å². The van der Waals surface area contributed by atoms with E-state index in [1.165, 1.54) is 0 Å². The van der Waals surface area contributed by atoms with Gasteiger partial charge in [0.15, 0.2) is 0 Å². The molecule has 0 aliphatic heterocycles. The van der Waals surface area contributed by atoms with Gasteiger partial charge >= 0.3 is 0 Å². The van der Waals surface area contributed by atoms with E-state index in [2.05, 4.69) is 25.9 Å². The molecule has 0 spiro atoms. The first-order valence-corrected chi connectivity index (χ1v) is 4.94. The lowest BCUT2D eigenvalue weighted by Gasteiger charge is -2.02. The Kier molecular flexibility index (Phi) is 2.22. The van der Waals surface area contributed by atoms with Crippen molar-refractivity contribution >= 4 is 38.4 Å². The van der Waals surface area contributed by atoms with E-state index in [1.54, 1.807) is 0 Å². The molecule has 0 aliphatic rings. The van der Waals surface area contributed by atoms with E-state index < -0.39 is 0 Å². The van der Waals surface area contributed by atoms with Gasteiger partial charge in [-0.15, -0.1) is 0 Å². The summed E-state index contributed by atoms with van der Waals surface area (Å²) < 4.78 is 0.926. The summed E-state index contributed by atoms with van der Waals surface area (Å²) in [7, 11) is 0. The average Bonchev–Trinajstić information content (AvgIpc) is 2.02. The first kappa shape index (κ1) is 8.91. The predicted molar refractivity (Wildman–Crippen MR) is 57.0 cm³/mol.